The summed E-state index contributed by atoms with van der Waals surface area (Å²) in [6.07, 6.45) is 0. The number of likely N-dealkylation sites (N-methyl/N-ethyl adjacent to an activating group) is 1. The summed E-state index contributed by atoms with van der Waals surface area (Å²) in [5.74, 6) is -1.09. The first kappa shape index (κ1) is 10.1. The second kappa shape index (κ2) is 4.30. The summed E-state index contributed by atoms with van der Waals surface area (Å²) in [4.78, 5) is 23.3. The Hall–Kier alpha value is -1.99. The third-order valence-electron chi connectivity index (χ3n) is 1.48. The molecular formula is C6H9N5O3. The standard InChI is InChI=1S/C6H9N5O3/c1-11(3-4(12)14-2)6(13)5-7-9-10-8-5/h3H2,1-2H3,(H,7,8,9,10). The molecule has 0 aliphatic heterocycles. The molecule has 0 unspecified atom stereocenters. The van der Waals surface area contributed by atoms with E-state index in [1.165, 1.54) is 14.2 Å². The minimum absolute atomic E-state index is 0.0867. The fourth-order valence-electron chi connectivity index (χ4n) is 0.753. The number of nitrogens with zero attached hydrogens (tertiary/aromatic N) is 4. The number of H-pyrrole nitrogens is 1. The van der Waals surface area contributed by atoms with Crippen molar-refractivity contribution >= 4 is 11.9 Å². The van der Waals surface area contributed by atoms with Crippen LogP contribution in [-0.4, -0.2) is 58.1 Å². The highest BCUT2D eigenvalue weighted by Gasteiger charge is 2.18. The molecule has 0 radical (unpaired) electrons. The average Bonchev–Trinajstić information content (AvgIpc) is 2.69. The first-order valence-electron chi connectivity index (χ1n) is 3.71. The number of hydrogen-bond acceptors (Lipinski definition) is 6. The van der Waals surface area contributed by atoms with Crippen molar-refractivity contribution in [2.45, 2.75) is 0 Å². The maximum absolute atomic E-state index is 11.4. The average molecular weight is 199 g/mol. The zero-order valence-corrected chi connectivity index (χ0v) is 7.72. The second-order valence-corrected chi connectivity index (χ2v) is 2.47. The van der Waals surface area contributed by atoms with Crippen LogP contribution in [0.15, 0.2) is 0 Å². The number of rotatable bonds is 3. The van der Waals surface area contributed by atoms with Gasteiger partial charge in [-0.2, -0.15) is 5.21 Å². The normalized spacial score (nSPS) is 9.57. The van der Waals surface area contributed by atoms with Gasteiger partial charge in [0.25, 0.3) is 11.7 Å². The molecule has 1 rings (SSSR count). The third kappa shape index (κ3) is 2.25. The van der Waals surface area contributed by atoms with Crippen molar-refractivity contribution < 1.29 is 14.3 Å². The molecule has 0 fully saturated rings. The lowest BCUT2D eigenvalue weighted by Crippen LogP contribution is -2.33. The number of amides is 1. The van der Waals surface area contributed by atoms with E-state index in [0.29, 0.717) is 0 Å². The summed E-state index contributed by atoms with van der Waals surface area (Å²) in [6, 6.07) is 0. The van der Waals surface area contributed by atoms with Crippen molar-refractivity contribution in [2.24, 2.45) is 0 Å². The minimum atomic E-state index is -0.510. The van der Waals surface area contributed by atoms with Crippen LogP contribution in [0.2, 0.25) is 0 Å². The number of methoxy groups -OCH3 is 1. The van der Waals surface area contributed by atoms with E-state index in [0.717, 1.165) is 4.90 Å². The molecule has 1 aromatic heterocycles. The van der Waals surface area contributed by atoms with Gasteiger partial charge in [-0.05, 0) is 5.21 Å². The molecular weight excluding hydrogens is 190 g/mol. The highest BCUT2D eigenvalue weighted by molar-refractivity contribution is 5.92. The van der Waals surface area contributed by atoms with Crippen molar-refractivity contribution in [1.82, 2.24) is 25.5 Å². The largest absolute Gasteiger partial charge is 0.468 e. The Kier molecular flexibility index (Phi) is 3.10. The van der Waals surface area contributed by atoms with Gasteiger partial charge in [0.2, 0.25) is 0 Å². The van der Waals surface area contributed by atoms with E-state index in [4.69, 9.17) is 0 Å². The summed E-state index contributed by atoms with van der Waals surface area (Å²) in [7, 11) is 2.69. The van der Waals surface area contributed by atoms with Crippen LogP contribution in [-0.2, 0) is 9.53 Å². The lowest BCUT2D eigenvalue weighted by atomic mass is 10.5. The molecule has 1 N–H and O–H groups in total. The maximum Gasteiger partial charge on any atom is 0.325 e. The van der Waals surface area contributed by atoms with Gasteiger partial charge in [0.1, 0.15) is 6.54 Å². The topological polar surface area (TPSA) is 101 Å². The quantitative estimate of drug-likeness (QED) is 0.591. The van der Waals surface area contributed by atoms with E-state index >= 15 is 0 Å². The Morgan fingerprint density at radius 3 is 2.79 bits per heavy atom. The first-order valence-corrected chi connectivity index (χ1v) is 3.71. The van der Waals surface area contributed by atoms with Gasteiger partial charge in [-0.3, -0.25) is 9.59 Å². The van der Waals surface area contributed by atoms with Crippen LogP contribution in [0.4, 0.5) is 0 Å². The third-order valence-corrected chi connectivity index (χ3v) is 1.48. The molecule has 14 heavy (non-hydrogen) atoms. The second-order valence-electron chi connectivity index (χ2n) is 2.47. The molecule has 0 aliphatic carbocycles. The minimum Gasteiger partial charge on any atom is -0.468 e. The monoisotopic (exact) mass is 199 g/mol. The van der Waals surface area contributed by atoms with Crippen LogP contribution in [0, 0.1) is 0 Å². The highest BCUT2D eigenvalue weighted by atomic mass is 16.5. The van der Waals surface area contributed by atoms with Gasteiger partial charge in [-0.15, -0.1) is 10.2 Å². The molecule has 1 heterocycles. The molecule has 8 nitrogen and oxygen atoms in total. The summed E-state index contributed by atoms with van der Waals surface area (Å²) in [5.41, 5.74) is 0. The van der Waals surface area contributed by atoms with Gasteiger partial charge >= 0.3 is 5.97 Å². The predicted molar refractivity (Wildman–Crippen MR) is 43.2 cm³/mol. The number of carbonyl (C=O) groups excluding carboxylic acids is 2. The van der Waals surface area contributed by atoms with Gasteiger partial charge in [0, 0.05) is 7.05 Å². The fourth-order valence-corrected chi connectivity index (χ4v) is 0.753. The number of aromatic nitrogens is 4. The summed E-state index contributed by atoms with van der Waals surface area (Å²) >= 11 is 0. The van der Waals surface area contributed by atoms with Gasteiger partial charge < -0.3 is 9.64 Å². The van der Waals surface area contributed by atoms with Crippen LogP contribution in [0.5, 0.6) is 0 Å². The van der Waals surface area contributed by atoms with Gasteiger partial charge in [-0.25, -0.2) is 0 Å². The molecule has 0 aromatic carbocycles. The molecule has 0 saturated heterocycles. The van der Waals surface area contributed by atoms with Crippen molar-refractivity contribution in [3.05, 3.63) is 5.82 Å². The van der Waals surface area contributed by atoms with Gasteiger partial charge in [0.05, 0.1) is 7.11 Å². The van der Waals surface area contributed by atoms with E-state index in [1.807, 2.05) is 0 Å². The van der Waals surface area contributed by atoms with E-state index < -0.39 is 11.9 Å². The van der Waals surface area contributed by atoms with Crippen molar-refractivity contribution in [2.75, 3.05) is 20.7 Å². The van der Waals surface area contributed by atoms with Crippen LogP contribution < -0.4 is 0 Å². The number of carbonyl (C=O) groups is 2. The molecule has 1 aromatic rings. The van der Waals surface area contributed by atoms with Gasteiger partial charge in [-0.1, -0.05) is 0 Å². The number of ether oxygens (including phenoxy) is 1. The Morgan fingerprint density at radius 1 is 1.57 bits per heavy atom. The van der Waals surface area contributed by atoms with Crippen molar-refractivity contribution in [1.29, 1.82) is 0 Å². The zero-order chi connectivity index (χ0) is 10.6. The van der Waals surface area contributed by atoms with E-state index in [1.54, 1.807) is 0 Å². The summed E-state index contributed by atoms with van der Waals surface area (Å²) in [6.45, 7) is -0.149. The Bertz CT molecular complexity index is 322. The maximum atomic E-state index is 11.4. The summed E-state index contributed by atoms with van der Waals surface area (Å²) < 4.78 is 4.39. The lowest BCUT2D eigenvalue weighted by Gasteiger charge is -2.12. The molecule has 0 saturated carbocycles. The van der Waals surface area contributed by atoms with E-state index in [9.17, 15) is 9.59 Å². The van der Waals surface area contributed by atoms with Crippen LogP contribution >= 0.6 is 0 Å². The molecule has 0 aliphatic rings. The molecule has 0 spiro atoms. The SMILES string of the molecule is COC(=O)CN(C)C(=O)c1nn[nH]n1. The number of tetrazole rings is 1. The highest BCUT2D eigenvalue weighted by Crippen LogP contribution is 1.93. The molecule has 76 valence electrons. The fraction of sp³-hybridized carbons (Fsp3) is 0.500. The molecule has 1 amide bonds. The zero-order valence-electron chi connectivity index (χ0n) is 7.72. The number of hydrogen-bond donors (Lipinski definition) is 1. The van der Waals surface area contributed by atoms with Gasteiger partial charge in [0.15, 0.2) is 0 Å². The predicted octanol–water partition coefficient (Wildman–Crippen LogP) is -1.56. The van der Waals surface area contributed by atoms with E-state index in [-0.39, 0.29) is 12.4 Å². The Balaban J connectivity index is 2.58. The molecule has 8 heteroatoms. The Morgan fingerprint density at radius 2 is 2.29 bits per heavy atom. The summed E-state index contributed by atoms with van der Waals surface area (Å²) in [5, 5.41) is 12.3. The number of aromatic amines is 1. The first-order chi connectivity index (χ1) is 6.65. The number of esters is 1. The number of nitrogens with one attached hydrogen (secondary N) is 1. The van der Waals surface area contributed by atoms with Crippen LogP contribution in [0.3, 0.4) is 0 Å². The van der Waals surface area contributed by atoms with Crippen molar-refractivity contribution in [3.8, 4) is 0 Å². The van der Waals surface area contributed by atoms with Crippen molar-refractivity contribution in [3.63, 3.8) is 0 Å². The van der Waals surface area contributed by atoms with Crippen LogP contribution in [0.25, 0.3) is 0 Å². The van der Waals surface area contributed by atoms with Crippen LogP contribution in [0.1, 0.15) is 10.6 Å². The molecule has 0 bridgehead atoms. The molecule has 0 atom stereocenters. The van der Waals surface area contributed by atoms with E-state index in [2.05, 4.69) is 25.4 Å². The Labute approximate surface area is 79.2 Å². The lowest BCUT2D eigenvalue weighted by molar-refractivity contribution is -0.141. The smallest absolute Gasteiger partial charge is 0.325 e.